The smallest absolute Gasteiger partial charge is 0.240 e. The number of hydrogen-bond acceptors (Lipinski definition) is 6. The van der Waals surface area contributed by atoms with Crippen LogP contribution in [0.5, 0.6) is 5.88 Å². The molecule has 8 heteroatoms. The SMILES string of the molecule is CC[C@@]12CC[C@@](CCOc3ccc(Cl)cn3)(O1)[C@H]1C(=O)N(c3ccc(C#N)c4ccccc34)C(=O)[C@H]12. The van der Waals surface area contributed by atoms with E-state index in [0.717, 1.165) is 11.8 Å². The van der Waals surface area contributed by atoms with Gasteiger partial charge in [0.1, 0.15) is 0 Å². The van der Waals surface area contributed by atoms with Crippen molar-refractivity contribution in [2.24, 2.45) is 11.8 Å². The van der Waals surface area contributed by atoms with Gasteiger partial charge in [-0.15, -0.1) is 0 Å². The minimum Gasteiger partial charge on any atom is -0.478 e. The van der Waals surface area contributed by atoms with E-state index < -0.39 is 23.0 Å². The predicted molar refractivity (Wildman–Crippen MR) is 134 cm³/mol. The number of amides is 2. The van der Waals surface area contributed by atoms with Crippen molar-refractivity contribution in [3.8, 4) is 11.9 Å². The summed E-state index contributed by atoms with van der Waals surface area (Å²) >= 11 is 5.91. The maximum Gasteiger partial charge on any atom is 0.240 e. The zero-order chi connectivity index (χ0) is 25.1. The predicted octanol–water partition coefficient (Wildman–Crippen LogP) is 5.05. The third kappa shape index (κ3) is 3.18. The molecule has 0 radical (unpaired) electrons. The number of hydrogen-bond donors (Lipinski definition) is 0. The average molecular weight is 502 g/mol. The third-order valence-corrected chi connectivity index (χ3v) is 8.38. The van der Waals surface area contributed by atoms with Crippen LogP contribution in [0.25, 0.3) is 10.8 Å². The largest absolute Gasteiger partial charge is 0.478 e. The molecule has 1 aromatic heterocycles. The van der Waals surface area contributed by atoms with E-state index in [0.29, 0.717) is 53.4 Å². The Hall–Kier alpha value is -3.47. The van der Waals surface area contributed by atoms with E-state index in [2.05, 4.69) is 11.1 Å². The fraction of sp³-hybridized carbons (Fsp3) is 0.357. The maximum absolute atomic E-state index is 14.0. The number of carbonyl (C=O) groups excluding carboxylic acids is 2. The van der Waals surface area contributed by atoms with Crippen LogP contribution < -0.4 is 9.64 Å². The van der Waals surface area contributed by atoms with Crippen LogP contribution in [-0.4, -0.2) is 34.6 Å². The zero-order valence-corrected chi connectivity index (χ0v) is 20.5. The van der Waals surface area contributed by atoms with Crippen molar-refractivity contribution in [3.05, 3.63) is 65.3 Å². The molecular weight excluding hydrogens is 478 g/mol. The van der Waals surface area contributed by atoms with Gasteiger partial charge in [0, 0.05) is 29.5 Å². The number of aromatic nitrogens is 1. The van der Waals surface area contributed by atoms with Gasteiger partial charge in [-0.05, 0) is 37.5 Å². The highest BCUT2D eigenvalue weighted by Crippen LogP contribution is 2.63. The summed E-state index contributed by atoms with van der Waals surface area (Å²) in [6.07, 6.45) is 4.07. The van der Waals surface area contributed by atoms with Gasteiger partial charge in [0.2, 0.25) is 17.7 Å². The molecule has 3 saturated heterocycles. The lowest BCUT2D eigenvalue weighted by molar-refractivity contribution is -0.132. The topological polar surface area (TPSA) is 92.5 Å². The Balaban J connectivity index is 1.35. The monoisotopic (exact) mass is 501 g/mol. The first kappa shape index (κ1) is 23.0. The van der Waals surface area contributed by atoms with Gasteiger partial charge in [-0.2, -0.15) is 5.26 Å². The molecular formula is C28H24ClN3O4. The van der Waals surface area contributed by atoms with E-state index in [-0.39, 0.29) is 11.8 Å². The van der Waals surface area contributed by atoms with E-state index in [1.54, 1.807) is 24.3 Å². The molecule has 4 atom stereocenters. The number of carbonyl (C=O) groups is 2. The molecule has 2 bridgehead atoms. The molecule has 3 aliphatic heterocycles. The Morgan fingerprint density at radius 3 is 2.50 bits per heavy atom. The average Bonchev–Trinajstić information content (AvgIpc) is 3.51. The first-order valence-corrected chi connectivity index (χ1v) is 12.5. The molecule has 2 aromatic carbocycles. The number of nitrogens with zero attached hydrogens (tertiary/aromatic N) is 3. The lowest BCUT2D eigenvalue weighted by Gasteiger charge is -2.31. The fourth-order valence-electron chi connectivity index (χ4n) is 6.49. The molecule has 0 N–H and O–H groups in total. The molecule has 3 aliphatic rings. The Labute approximate surface area is 213 Å². The Kier molecular flexibility index (Phi) is 5.29. The summed E-state index contributed by atoms with van der Waals surface area (Å²) in [5, 5.41) is 11.5. The zero-order valence-electron chi connectivity index (χ0n) is 19.7. The molecule has 2 amide bonds. The summed E-state index contributed by atoms with van der Waals surface area (Å²) in [5.74, 6) is -1.12. The van der Waals surface area contributed by atoms with Gasteiger partial charge in [0.05, 0.1) is 52.0 Å². The van der Waals surface area contributed by atoms with Gasteiger partial charge in [-0.25, -0.2) is 9.88 Å². The van der Waals surface area contributed by atoms with Crippen LogP contribution in [-0.2, 0) is 14.3 Å². The van der Waals surface area contributed by atoms with Crippen molar-refractivity contribution >= 4 is 39.9 Å². The highest BCUT2D eigenvalue weighted by atomic mass is 35.5. The molecule has 0 aliphatic carbocycles. The summed E-state index contributed by atoms with van der Waals surface area (Å²) in [7, 11) is 0. The first-order valence-electron chi connectivity index (χ1n) is 12.2. The second-order valence-corrected chi connectivity index (χ2v) is 10.2. The summed E-state index contributed by atoms with van der Waals surface area (Å²) in [4.78, 5) is 33.5. The summed E-state index contributed by atoms with van der Waals surface area (Å²) in [6, 6.07) is 16.4. The van der Waals surface area contributed by atoms with E-state index in [1.165, 1.54) is 11.1 Å². The van der Waals surface area contributed by atoms with Gasteiger partial charge < -0.3 is 9.47 Å². The molecule has 36 heavy (non-hydrogen) atoms. The van der Waals surface area contributed by atoms with Crippen LogP contribution >= 0.6 is 11.6 Å². The van der Waals surface area contributed by atoms with Crippen LogP contribution in [0.4, 0.5) is 5.69 Å². The fourth-order valence-corrected chi connectivity index (χ4v) is 6.60. The lowest BCUT2D eigenvalue weighted by Crippen LogP contribution is -2.43. The van der Waals surface area contributed by atoms with Crippen LogP contribution in [0.2, 0.25) is 5.02 Å². The minimum absolute atomic E-state index is 0.219. The molecule has 3 fully saturated rings. The number of nitriles is 1. The van der Waals surface area contributed by atoms with Crippen molar-refractivity contribution in [3.63, 3.8) is 0 Å². The van der Waals surface area contributed by atoms with Crippen LogP contribution in [0.3, 0.4) is 0 Å². The molecule has 0 unspecified atom stereocenters. The molecule has 7 nitrogen and oxygen atoms in total. The normalized spacial score (nSPS) is 28.5. The summed E-state index contributed by atoms with van der Waals surface area (Å²) in [6.45, 7) is 2.32. The number of fused-ring (bicyclic) bond motifs is 6. The lowest BCUT2D eigenvalue weighted by atomic mass is 9.66. The van der Waals surface area contributed by atoms with Gasteiger partial charge in [-0.1, -0.05) is 42.8 Å². The van der Waals surface area contributed by atoms with Gasteiger partial charge in [-0.3, -0.25) is 9.59 Å². The van der Waals surface area contributed by atoms with Crippen molar-refractivity contribution < 1.29 is 19.1 Å². The van der Waals surface area contributed by atoms with E-state index in [9.17, 15) is 14.9 Å². The Bertz CT molecular complexity index is 1430. The number of imide groups is 1. The van der Waals surface area contributed by atoms with Crippen molar-refractivity contribution in [2.75, 3.05) is 11.5 Å². The Morgan fingerprint density at radius 2 is 1.81 bits per heavy atom. The van der Waals surface area contributed by atoms with Crippen LogP contribution in [0.15, 0.2) is 54.7 Å². The van der Waals surface area contributed by atoms with Gasteiger partial charge >= 0.3 is 0 Å². The highest BCUT2D eigenvalue weighted by molar-refractivity contribution is 6.30. The van der Waals surface area contributed by atoms with Crippen LogP contribution in [0.1, 0.15) is 38.2 Å². The maximum atomic E-state index is 14.0. The van der Waals surface area contributed by atoms with Crippen molar-refractivity contribution in [2.45, 2.75) is 43.8 Å². The molecule has 3 aromatic rings. The number of rotatable bonds is 6. The molecule has 182 valence electrons. The third-order valence-electron chi connectivity index (χ3n) is 8.15. The van der Waals surface area contributed by atoms with Crippen molar-refractivity contribution in [1.82, 2.24) is 4.98 Å². The number of ether oxygens (including phenoxy) is 2. The van der Waals surface area contributed by atoms with E-state index in [4.69, 9.17) is 21.1 Å². The number of halogens is 1. The highest BCUT2D eigenvalue weighted by Gasteiger charge is 2.74. The minimum atomic E-state index is -0.767. The molecule has 0 spiro atoms. The summed E-state index contributed by atoms with van der Waals surface area (Å²) < 4.78 is 12.5. The second-order valence-electron chi connectivity index (χ2n) is 9.76. The quantitative estimate of drug-likeness (QED) is 0.439. The standard InChI is InChI=1S/C28H24ClN3O4/c1-2-27-11-12-28(36-27,13-14-35-22-10-8-18(29)16-31-22)24-23(27)25(33)32(26(24)34)21-9-7-17(15-30)19-5-3-4-6-20(19)21/h3-10,16,23-24H,2,11-14H2,1H3/t23-,24+,27-,28-/m0/s1. The van der Waals surface area contributed by atoms with Crippen LogP contribution in [0, 0.1) is 23.2 Å². The number of benzene rings is 2. The second kappa shape index (κ2) is 8.29. The molecule has 6 rings (SSSR count). The van der Waals surface area contributed by atoms with E-state index in [1.807, 2.05) is 31.2 Å². The Morgan fingerprint density at radius 1 is 1.08 bits per heavy atom. The number of pyridine rings is 1. The summed E-state index contributed by atoms with van der Waals surface area (Å²) in [5.41, 5.74) is -0.396. The first-order chi connectivity index (χ1) is 17.4. The molecule has 4 heterocycles. The van der Waals surface area contributed by atoms with E-state index >= 15 is 0 Å². The van der Waals surface area contributed by atoms with Gasteiger partial charge in [0.25, 0.3) is 0 Å². The van der Waals surface area contributed by atoms with Crippen molar-refractivity contribution in [1.29, 1.82) is 5.26 Å². The van der Waals surface area contributed by atoms with Gasteiger partial charge in [0.15, 0.2) is 0 Å². The molecule has 0 saturated carbocycles. The number of anilines is 1.